The van der Waals surface area contributed by atoms with Gasteiger partial charge in [0.25, 0.3) is 17.3 Å². The minimum atomic E-state index is -0.792. The van der Waals surface area contributed by atoms with Crippen molar-refractivity contribution in [1.29, 1.82) is 0 Å². The lowest BCUT2D eigenvalue weighted by molar-refractivity contribution is -0.394. The molecule has 0 radical (unpaired) electrons. The summed E-state index contributed by atoms with van der Waals surface area (Å²) >= 11 is 1.23. The number of aromatic nitrogens is 2. The van der Waals surface area contributed by atoms with E-state index in [-0.39, 0.29) is 10.7 Å². The molecule has 1 N–H and O–H groups in total. The summed E-state index contributed by atoms with van der Waals surface area (Å²) in [5.74, 6) is -0.327. The number of rotatable bonds is 5. The van der Waals surface area contributed by atoms with Crippen LogP contribution in [-0.4, -0.2) is 26.0 Å². The molecule has 1 aliphatic carbocycles. The van der Waals surface area contributed by atoms with Gasteiger partial charge >= 0.3 is 0 Å². The van der Waals surface area contributed by atoms with Crippen LogP contribution in [0.25, 0.3) is 0 Å². The zero-order chi connectivity index (χ0) is 16.6. The predicted molar refractivity (Wildman–Crippen MR) is 79.6 cm³/mol. The van der Waals surface area contributed by atoms with Crippen LogP contribution in [0.15, 0.2) is 18.2 Å². The standard InChI is InChI=1S/C12H9N5O5S/c18-10(13-12-15-14-11(23-12)6-1-2-6)7-3-8(16(19)20)5-9(4-7)17(21)22/h3-6H,1-2H2,(H,13,15,18). The molecule has 0 saturated heterocycles. The molecule has 0 bridgehead atoms. The molecule has 0 aliphatic heterocycles. The molecule has 2 aromatic rings. The molecule has 11 heteroatoms. The van der Waals surface area contributed by atoms with Gasteiger partial charge in [0.1, 0.15) is 5.01 Å². The van der Waals surface area contributed by atoms with Crippen LogP contribution in [0.1, 0.15) is 34.1 Å². The topological polar surface area (TPSA) is 141 Å². The van der Waals surface area contributed by atoms with E-state index in [4.69, 9.17) is 0 Å². The van der Waals surface area contributed by atoms with E-state index < -0.39 is 27.1 Å². The average Bonchev–Trinajstić information content (AvgIpc) is 3.27. The fourth-order valence-electron chi connectivity index (χ4n) is 1.89. The predicted octanol–water partition coefficient (Wildman–Crippen LogP) is 2.48. The lowest BCUT2D eigenvalue weighted by Gasteiger charge is -2.01. The zero-order valence-corrected chi connectivity index (χ0v) is 12.3. The zero-order valence-electron chi connectivity index (χ0n) is 11.5. The molecule has 0 unspecified atom stereocenters. The van der Waals surface area contributed by atoms with Crippen LogP contribution in [0.3, 0.4) is 0 Å². The summed E-state index contributed by atoms with van der Waals surface area (Å²) in [6.45, 7) is 0. The lowest BCUT2D eigenvalue weighted by atomic mass is 10.1. The van der Waals surface area contributed by atoms with Crippen LogP contribution >= 0.6 is 11.3 Å². The Bertz CT molecular complexity index is 784. The van der Waals surface area contributed by atoms with Gasteiger partial charge in [-0.05, 0) is 12.8 Å². The number of nitrogens with one attached hydrogen (secondary N) is 1. The van der Waals surface area contributed by atoms with Crippen molar-refractivity contribution < 1.29 is 14.6 Å². The fourth-order valence-corrected chi connectivity index (χ4v) is 2.79. The van der Waals surface area contributed by atoms with Crippen molar-refractivity contribution in [3.05, 3.63) is 49.0 Å². The summed E-state index contributed by atoms with van der Waals surface area (Å²) in [6, 6.07) is 2.75. The Balaban J connectivity index is 1.85. The van der Waals surface area contributed by atoms with Crippen molar-refractivity contribution in [1.82, 2.24) is 10.2 Å². The lowest BCUT2D eigenvalue weighted by Crippen LogP contribution is -2.12. The number of anilines is 1. The molecular formula is C12H9N5O5S. The van der Waals surface area contributed by atoms with E-state index in [0.29, 0.717) is 5.92 Å². The third kappa shape index (κ3) is 3.29. The van der Waals surface area contributed by atoms with Gasteiger partial charge in [-0.3, -0.25) is 30.3 Å². The van der Waals surface area contributed by atoms with Crippen LogP contribution in [0.5, 0.6) is 0 Å². The fraction of sp³-hybridized carbons (Fsp3) is 0.250. The number of carbonyl (C=O) groups is 1. The normalized spacial score (nSPS) is 13.6. The number of nitrogens with zero attached hydrogens (tertiary/aromatic N) is 4. The van der Waals surface area contributed by atoms with Crippen molar-refractivity contribution in [3.8, 4) is 0 Å². The molecule has 3 rings (SSSR count). The third-order valence-corrected chi connectivity index (χ3v) is 4.18. The van der Waals surface area contributed by atoms with E-state index >= 15 is 0 Å². The first-order valence-electron chi connectivity index (χ1n) is 6.52. The van der Waals surface area contributed by atoms with Crippen molar-refractivity contribution in [2.75, 3.05) is 5.32 Å². The number of nitro groups is 2. The Kier molecular flexibility index (Phi) is 3.70. The number of amides is 1. The van der Waals surface area contributed by atoms with Crippen molar-refractivity contribution in [2.45, 2.75) is 18.8 Å². The molecule has 0 spiro atoms. The van der Waals surface area contributed by atoms with E-state index in [1.807, 2.05) is 0 Å². The minimum absolute atomic E-state index is 0.186. The number of benzene rings is 1. The number of non-ortho nitro benzene ring substituents is 2. The van der Waals surface area contributed by atoms with Gasteiger partial charge in [0, 0.05) is 18.1 Å². The highest BCUT2D eigenvalue weighted by atomic mass is 32.1. The molecule has 1 fully saturated rings. The monoisotopic (exact) mass is 335 g/mol. The number of hydrogen-bond donors (Lipinski definition) is 1. The van der Waals surface area contributed by atoms with E-state index in [0.717, 1.165) is 36.0 Å². The summed E-state index contributed by atoms with van der Waals surface area (Å²) < 4.78 is 0. The van der Waals surface area contributed by atoms with Crippen LogP contribution in [0.2, 0.25) is 0 Å². The van der Waals surface area contributed by atoms with Crippen molar-refractivity contribution >= 4 is 33.8 Å². The summed E-state index contributed by atoms with van der Waals surface area (Å²) in [6.07, 6.45) is 2.08. The quantitative estimate of drug-likeness (QED) is 0.653. The highest BCUT2D eigenvalue weighted by Gasteiger charge is 2.28. The SMILES string of the molecule is O=C(Nc1nnc(C2CC2)s1)c1cc([N+](=O)[O-])cc([N+](=O)[O-])c1. The second kappa shape index (κ2) is 5.68. The Labute approximate surface area is 132 Å². The van der Waals surface area contributed by atoms with Gasteiger partial charge < -0.3 is 0 Å². The van der Waals surface area contributed by atoms with Gasteiger partial charge in [-0.15, -0.1) is 10.2 Å². The van der Waals surface area contributed by atoms with Gasteiger partial charge in [0.2, 0.25) is 5.13 Å². The molecule has 118 valence electrons. The number of hydrogen-bond acceptors (Lipinski definition) is 8. The van der Waals surface area contributed by atoms with Gasteiger partial charge in [0.05, 0.1) is 21.5 Å². The highest BCUT2D eigenvalue weighted by Crippen LogP contribution is 2.42. The molecule has 1 aliphatic rings. The Morgan fingerprint density at radius 1 is 1.13 bits per heavy atom. The first kappa shape index (κ1) is 15.0. The summed E-state index contributed by atoms with van der Waals surface area (Å²) in [5, 5.41) is 33.0. The van der Waals surface area contributed by atoms with Gasteiger partial charge in [-0.1, -0.05) is 11.3 Å². The van der Waals surface area contributed by atoms with Crippen LogP contribution in [0.4, 0.5) is 16.5 Å². The largest absolute Gasteiger partial charge is 0.296 e. The number of carbonyl (C=O) groups excluding carboxylic acids is 1. The minimum Gasteiger partial charge on any atom is -0.296 e. The van der Waals surface area contributed by atoms with Gasteiger partial charge in [-0.2, -0.15) is 0 Å². The highest BCUT2D eigenvalue weighted by molar-refractivity contribution is 7.15. The van der Waals surface area contributed by atoms with Crippen LogP contribution in [-0.2, 0) is 0 Å². The summed E-state index contributed by atoms with van der Waals surface area (Å²) in [7, 11) is 0. The molecule has 1 saturated carbocycles. The molecule has 1 aromatic carbocycles. The van der Waals surface area contributed by atoms with Crippen LogP contribution in [0, 0.1) is 20.2 Å². The maximum Gasteiger partial charge on any atom is 0.277 e. The Morgan fingerprint density at radius 2 is 1.74 bits per heavy atom. The third-order valence-electron chi connectivity index (χ3n) is 3.17. The molecule has 1 aromatic heterocycles. The maximum absolute atomic E-state index is 12.1. The van der Waals surface area contributed by atoms with E-state index in [9.17, 15) is 25.0 Å². The molecule has 23 heavy (non-hydrogen) atoms. The van der Waals surface area contributed by atoms with E-state index in [1.54, 1.807) is 0 Å². The Morgan fingerprint density at radius 3 is 2.26 bits per heavy atom. The maximum atomic E-state index is 12.1. The van der Waals surface area contributed by atoms with E-state index in [2.05, 4.69) is 15.5 Å². The average molecular weight is 335 g/mol. The van der Waals surface area contributed by atoms with Crippen molar-refractivity contribution in [3.63, 3.8) is 0 Å². The second-order valence-electron chi connectivity index (χ2n) is 4.93. The molecule has 1 heterocycles. The van der Waals surface area contributed by atoms with Gasteiger partial charge in [0.15, 0.2) is 0 Å². The number of nitro benzene ring substituents is 2. The molecule has 0 atom stereocenters. The molecule has 1 amide bonds. The molecular weight excluding hydrogens is 326 g/mol. The van der Waals surface area contributed by atoms with Gasteiger partial charge in [-0.25, -0.2) is 0 Å². The Hall–Kier alpha value is -2.95. The summed E-state index contributed by atoms with van der Waals surface area (Å²) in [4.78, 5) is 32.2. The van der Waals surface area contributed by atoms with Crippen molar-refractivity contribution in [2.24, 2.45) is 0 Å². The van der Waals surface area contributed by atoms with E-state index in [1.165, 1.54) is 11.3 Å². The smallest absolute Gasteiger partial charge is 0.277 e. The molecule has 10 nitrogen and oxygen atoms in total. The summed E-state index contributed by atoms with van der Waals surface area (Å²) in [5.41, 5.74) is -1.24. The second-order valence-corrected chi connectivity index (χ2v) is 5.94. The van der Waals surface area contributed by atoms with Crippen LogP contribution < -0.4 is 5.32 Å². The first-order chi connectivity index (χ1) is 10.9. The first-order valence-corrected chi connectivity index (χ1v) is 7.34.